The minimum absolute atomic E-state index is 0.692. The molecule has 104 valence electrons. The van der Waals surface area contributed by atoms with E-state index < -0.39 is 0 Å². The molecule has 0 fully saturated rings. The number of ether oxygens (including phenoxy) is 1. The van der Waals surface area contributed by atoms with Gasteiger partial charge < -0.3 is 19.9 Å². The fraction of sp³-hybridized carbons (Fsp3) is 0.500. The average molecular weight is 262 g/mol. The molecule has 0 aliphatic carbocycles. The van der Waals surface area contributed by atoms with Crippen LogP contribution in [-0.4, -0.2) is 42.2 Å². The van der Waals surface area contributed by atoms with Crippen molar-refractivity contribution in [3.63, 3.8) is 0 Å². The third-order valence-corrected chi connectivity index (χ3v) is 3.08. The van der Waals surface area contributed by atoms with Crippen molar-refractivity contribution in [1.82, 2.24) is 14.5 Å². The molecule has 1 aromatic heterocycles. The molecule has 2 N–H and O–H groups in total. The number of benzene rings is 1. The molecule has 2 aromatic rings. The molecule has 0 saturated heterocycles. The average Bonchev–Trinajstić information content (AvgIpc) is 2.71. The van der Waals surface area contributed by atoms with Crippen LogP contribution in [0.3, 0.4) is 0 Å². The van der Waals surface area contributed by atoms with Gasteiger partial charge in [0.15, 0.2) is 0 Å². The number of hydrogen-bond acceptors (Lipinski definition) is 4. The summed E-state index contributed by atoms with van der Waals surface area (Å²) in [6.45, 7) is 2.42. The van der Waals surface area contributed by atoms with E-state index in [1.165, 1.54) is 0 Å². The highest BCUT2D eigenvalue weighted by Gasteiger charge is 2.11. The topological polar surface area (TPSA) is 56.3 Å². The van der Waals surface area contributed by atoms with Gasteiger partial charge in [0, 0.05) is 12.6 Å². The molecule has 0 spiro atoms. The van der Waals surface area contributed by atoms with Gasteiger partial charge in [-0.05, 0) is 39.2 Å². The van der Waals surface area contributed by atoms with E-state index in [4.69, 9.17) is 15.5 Å². The van der Waals surface area contributed by atoms with Crippen LogP contribution >= 0.6 is 0 Å². The number of nitrogens with zero attached hydrogens (tertiary/aromatic N) is 3. The first-order valence-electron chi connectivity index (χ1n) is 6.53. The third-order valence-electron chi connectivity index (χ3n) is 3.08. The Hall–Kier alpha value is -1.59. The Morgan fingerprint density at radius 1 is 1.37 bits per heavy atom. The summed E-state index contributed by atoms with van der Waals surface area (Å²) in [5.74, 6) is 1.91. The number of nitrogens with two attached hydrogens (primary N) is 1. The van der Waals surface area contributed by atoms with Crippen molar-refractivity contribution >= 4 is 11.0 Å². The monoisotopic (exact) mass is 262 g/mol. The van der Waals surface area contributed by atoms with E-state index in [2.05, 4.69) is 15.5 Å². The summed E-state index contributed by atoms with van der Waals surface area (Å²) in [5.41, 5.74) is 7.75. The Labute approximate surface area is 114 Å². The van der Waals surface area contributed by atoms with Gasteiger partial charge >= 0.3 is 0 Å². The van der Waals surface area contributed by atoms with Crippen LogP contribution in [0.4, 0.5) is 0 Å². The Morgan fingerprint density at radius 2 is 2.16 bits per heavy atom. The maximum Gasteiger partial charge on any atom is 0.124 e. The third kappa shape index (κ3) is 3.05. The lowest BCUT2D eigenvalue weighted by atomic mass is 10.3. The van der Waals surface area contributed by atoms with Crippen molar-refractivity contribution in [2.45, 2.75) is 19.5 Å². The summed E-state index contributed by atoms with van der Waals surface area (Å²) in [6.07, 6.45) is 0.956. The molecule has 1 heterocycles. The van der Waals surface area contributed by atoms with Crippen LogP contribution in [0.5, 0.6) is 5.75 Å². The first kappa shape index (κ1) is 13.8. The molecule has 2 rings (SSSR count). The predicted molar refractivity (Wildman–Crippen MR) is 77.3 cm³/mol. The molecule has 0 radical (unpaired) electrons. The lowest BCUT2D eigenvalue weighted by molar-refractivity contribution is 0.381. The highest BCUT2D eigenvalue weighted by Crippen LogP contribution is 2.22. The van der Waals surface area contributed by atoms with Crippen molar-refractivity contribution in [3.8, 4) is 5.75 Å². The van der Waals surface area contributed by atoms with Gasteiger partial charge in [-0.3, -0.25) is 0 Å². The first-order valence-corrected chi connectivity index (χ1v) is 6.53. The van der Waals surface area contributed by atoms with E-state index in [0.717, 1.165) is 42.1 Å². The van der Waals surface area contributed by atoms with Gasteiger partial charge in [0.05, 0.1) is 24.7 Å². The van der Waals surface area contributed by atoms with E-state index in [0.29, 0.717) is 6.54 Å². The van der Waals surface area contributed by atoms with Gasteiger partial charge in [-0.15, -0.1) is 0 Å². The number of imidazole rings is 1. The quantitative estimate of drug-likeness (QED) is 0.856. The molecule has 0 unspecified atom stereocenters. The van der Waals surface area contributed by atoms with E-state index in [1.54, 1.807) is 7.11 Å². The van der Waals surface area contributed by atoms with Gasteiger partial charge in [-0.25, -0.2) is 4.98 Å². The molecule has 5 heteroatoms. The summed E-state index contributed by atoms with van der Waals surface area (Å²) >= 11 is 0. The zero-order chi connectivity index (χ0) is 13.8. The number of aryl methyl sites for hydroxylation is 1. The Balaban J connectivity index is 2.45. The molecule has 5 nitrogen and oxygen atoms in total. The second-order valence-corrected chi connectivity index (χ2v) is 4.91. The highest BCUT2D eigenvalue weighted by molar-refractivity contribution is 5.77. The summed E-state index contributed by atoms with van der Waals surface area (Å²) in [5, 5.41) is 0. The standard InChI is InChI=1S/C14H22N4O/c1-17(2)10-14-16-12-9-11(19-3)5-6-13(12)18(14)8-4-7-15/h5-6,9H,4,7-8,10,15H2,1-3H3. The molecule has 19 heavy (non-hydrogen) atoms. The van der Waals surface area contributed by atoms with Crippen LogP contribution in [-0.2, 0) is 13.1 Å². The van der Waals surface area contributed by atoms with Gasteiger partial charge in [-0.1, -0.05) is 0 Å². The normalized spacial score (nSPS) is 11.4. The molecule has 0 saturated carbocycles. The van der Waals surface area contributed by atoms with Crippen LogP contribution in [0, 0.1) is 0 Å². The van der Waals surface area contributed by atoms with Crippen LogP contribution in [0.2, 0.25) is 0 Å². The smallest absolute Gasteiger partial charge is 0.124 e. The number of methoxy groups -OCH3 is 1. The van der Waals surface area contributed by atoms with Gasteiger partial charge in [-0.2, -0.15) is 0 Å². The number of hydrogen-bond donors (Lipinski definition) is 1. The zero-order valence-corrected chi connectivity index (χ0v) is 11.9. The summed E-state index contributed by atoms with van der Waals surface area (Å²) in [6, 6.07) is 6.02. The fourth-order valence-corrected chi connectivity index (χ4v) is 2.19. The SMILES string of the molecule is COc1ccc2c(c1)nc(CN(C)C)n2CCCN. The number of aromatic nitrogens is 2. The molecule has 0 aliphatic rings. The van der Waals surface area contributed by atoms with Gasteiger partial charge in [0.1, 0.15) is 11.6 Å². The van der Waals surface area contributed by atoms with E-state index in [-0.39, 0.29) is 0 Å². The van der Waals surface area contributed by atoms with Gasteiger partial charge in [0.2, 0.25) is 0 Å². The highest BCUT2D eigenvalue weighted by atomic mass is 16.5. The minimum atomic E-state index is 0.692. The summed E-state index contributed by atoms with van der Waals surface area (Å²) in [7, 11) is 5.77. The van der Waals surface area contributed by atoms with Gasteiger partial charge in [0.25, 0.3) is 0 Å². The largest absolute Gasteiger partial charge is 0.497 e. The summed E-state index contributed by atoms with van der Waals surface area (Å²) in [4.78, 5) is 6.84. The van der Waals surface area contributed by atoms with Crippen molar-refractivity contribution in [1.29, 1.82) is 0 Å². The molecule has 0 amide bonds. The maximum atomic E-state index is 5.62. The number of rotatable bonds is 6. The molecular formula is C14H22N4O. The van der Waals surface area contributed by atoms with Crippen LogP contribution in [0.15, 0.2) is 18.2 Å². The zero-order valence-electron chi connectivity index (χ0n) is 11.9. The van der Waals surface area contributed by atoms with Crippen molar-refractivity contribution in [3.05, 3.63) is 24.0 Å². The molecule has 0 aliphatic heterocycles. The van der Waals surface area contributed by atoms with Crippen LogP contribution in [0.1, 0.15) is 12.2 Å². The number of fused-ring (bicyclic) bond motifs is 1. The van der Waals surface area contributed by atoms with E-state index in [9.17, 15) is 0 Å². The van der Waals surface area contributed by atoms with Crippen LogP contribution in [0.25, 0.3) is 11.0 Å². The minimum Gasteiger partial charge on any atom is -0.497 e. The lowest BCUT2D eigenvalue weighted by Crippen LogP contribution is -2.16. The second-order valence-electron chi connectivity index (χ2n) is 4.91. The first-order chi connectivity index (χ1) is 9.15. The predicted octanol–water partition coefficient (Wildman–Crippen LogP) is 1.46. The van der Waals surface area contributed by atoms with E-state index >= 15 is 0 Å². The van der Waals surface area contributed by atoms with Crippen molar-refractivity contribution in [2.75, 3.05) is 27.7 Å². The second kappa shape index (κ2) is 6.04. The molecule has 1 aromatic carbocycles. The Morgan fingerprint density at radius 3 is 2.79 bits per heavy atom. The molecule has 0 atom stereocenters. The lowest BCUT2D eigenvalue weighted by Gasteiger charge is -2.12. The van der Waals surface area contributed by atoms with Crippen molar-refractivity contribution < 1.29 is 4.74 Å². The molecule has 0 bridgehead atoms. The maximum absolute atomic E-state index is 5.62. The molecular weight excluding hydrogens is 240 g/mol. The van der Waals surface area contributed by atoms with Crippen molar-refractivity contribution in [2.24, 2.45) is 5.73 Å². The van der Waals surface area contributed by atoms with E-state index in [1.807, 2.05) is 26.2 Å². The van der Waals surface area contributed by atoms with Crippen LogP contribution < -0.4 is 10.5 Å². The summed E-state index contributed by atoms with van der Waals surface area (Å²) < 4.78 is 7.51. The fourth-order valence-electron chi connectivity index (χ4n) is 2.19. The Bertz CT molecular complexity index is 548. The Kier molecular flexibility index (Phi) is 4.39.